The quantitative estimate of drug-likeness (QED) is 0.584. The fraction of sp³-hybridized carbons (Fsp3) is 0.312. The van der Waals surface area contributed by atoms with Gasteiger partial charge in [-0.05, 0) is 24.5 Å². The molecule has 0 aliphatic rings. The van der Waals surface area contributed by atoms with Crippen molar-refractivity contribution in [3.63, 3.8) is 0 Å². The van der Waals surface area contributed by atoms with E-state index < -0.39 is 7.05 Å². The molecule has 1 aromatic carbocycles. The van der Waals surface area contributed by atoms with Gasteiger partial charge in [0.1, 0.15) is 0 Å². The third-order valence-electron chi connectivity index (χ3n) is 2.52. The second-order valence-corrected chi connectivity index (χ2v) is 4.79. The molecule has 0 amide bonds. The molecule has 21 heavy (non-hydrogen) atoms. The molecule has 0 spiro atoms. The molecule has 0 saturated carbocycles. The van der Waals surface area contributed by atoms with Crippen molar-refractivity contribution in [3.05, 3.63) is 54.2 Å². The largest absolute Gasteiger partial charge is 0.437 e. The molecule has 0 saturated heterocycles. The molecule has 0 aliphatic carbocycles. The van der Waals surface area contributed by atoms with Crippen LogP contribution in [0.2, 0.25) is 6.82 Å². The maximum absolute atomic E-state index is 9.04. The molecule has 4 nitrogen and oxygen atoms in total. The normalized spacial score (nSPS) is 9.71. The van der Waals surface area contributed by atoms with E-state index in [0.717, 1.165) is 16.8 Å². The van der Waals surface area contributed by atoms with E-state index in [-0.39, 0.29) is 0 Å². The number of nitrogens with one attached hydrogen (secondary N) is 2. The maximum atomic E-state index is 9.04. The number of hydrogen-bond acceptors (Lipinski definition) is 4. The van der Waals surface area contributed by atoms with Crippen LogP contribution in [0.15, 0.2) is 48.7 Å². The van der Waals surface area contributed by atoms with Gasteiger partial charge in [-0.1, -0.05) is 50.6 Å². The van der Waals surface area contributed by atoms with Gasteiger partial charge in [0.2, 0.25) is 0 Å². The van der Waals surface area contributed by atoms with Gasteiger partial charge >= 0.3 is 7.05 Å². The Morgan fingerprint density at radius 1 is 1.10 bits per heavy atom. The fourth-order valence-electron chi connectivity index (χ4n) is 1.63. The minimum Gasteiger partial charge on any atom is -0.437 e. The van der Waals surface area contributed by atoms with Gasteiger partial charge in [0.25, 0.3) is 0 Å². The van der Waals surface area contributed by atoms with Gasteiger partial charge in [-0.15, -0.1) is 0 Å². The zero-order valence-corrected chi connectivity index (χ0v) is 13.0. The summed E-state index contributed by atoms with van der Waals surface area (Å²) in [6.07, 6.45) is 3.04. The zero-order valence-electron chi connectivity index (χ0n) is 13.0. The van der Waals surface area contributed by atoms with Crippen molar-refractivity contribution >= 4 is 7.05 Å². The van der Waals surface area contributed by atoms with Crippen LogP contribution in [-0.2, 0) is 6.54 Å². The van der Waals surface area contributed by atoms with Crippen LogP contribution < -0.4 is 10.8 Å². The van der Waals surface area contributed by atoms with E-state index in [1.54, 1.807) is 13.0 Å². The average molecular weight is 285 g/mol. The smallest absolute Gasteiger partial charge is 0.387 e. The molecule has 5 heteroatoms. The van der Waals surface area contributed by atoms with Crippen molar-refractivity contribution in [3.8, 4) is 11.3 Å². The van der Waals surface area contributed by atoms with Crippen molar-refractivity contribution in [1.29, 1.82) is 0 Å². The fourth-order valence-corrected chi connectivity index (χ4v) is 1.63. The number of aromatic nitrogens is 1. The van der Waals surface area contributed by atoms with Crippen LogP contribution in [0.25, 0.3) is 11.3 Å². The third-order valence-corrected chi connectivity index (χ3v) is 2.52. The first-order valence-electron chi connectivity index (χ1n) is 7.34. The predicted molar refractivity (Wildman–Crippen MR) is 89.5 cm³/mol. The molecular weight excluding hydrogens is 261 g/mol. The first-order valence-corrected chi connectivity index (χ1v) is 7.34. The number of pyridine rings is 1. The summed E-state index contributed by atoms with van der Waals surface area (Å²) < 4.78 is 0. The molecule has 0 atom stereocenters. The Labute approximate surface area is 127 Å². The van der Waals surface area contributed by atoms with Crippen molar-refractivity contribution in [2.24, 2.45) is 0 Å². The van der Waals surface area contributed by atoms with E-state index in [1.165, 1.54) is 6.42 Å². The summed E-state index contributed by atoms with van der Waals surface area (Å²) >= 11 is 0. The standard InChI is InChI=1S/C13H16BN3O.C3H8/c1-14(18)17-16-10-11-5-7-12(8-6-11)13-4-2-3-9-15-13;1-3-2/h2-9,16-18H,10H2,1H3;3H2,1-2H3. The van der Waals surface area contributed by atoms with Crippen molar-refractivity contribution in [1.82, 2.24) is 15.7 Å². The molecule has 0 fully saturated rings. The van der Waals surface area contributed by atoms with Crippen LogP contribution in [0.3, 0.4) is 0 Å². The van der Waals surface area contributed by atoms with E-state index in [0.29, 0.717) is 6.54 Å². The van der Waals surface area contributed by atoms with Crippen molar-refractivity contribution in [2.45, 2.75) is 33.6 Å². The van der Waals surface area contributed by atoms with Gasteiger partial charge in [-0.25, -0.2) is 0 Å². The molecule has 2 aromatic rings. The highest BCUT2D eigenvalue weighted by atomic mass is 16.2. The molecular formula is C16H24BN3O. The molecule has 112 valence electrons. The molecule has 3 N–H and O–H groups in total. The number of rotatable bonds is 5. The van der Waals surface area contributed by atoms with Crippen LogP contribution in [0, 0.1) is 0 Å². The first kappa shape index (κ1) is 17.4. The second kappa shape index (κ2) is 10.1. The average Bonchev–Trinajstić information content (AvgIpc) is 2.49. The summed E-state index contributed by atoms with van der Waals surface area (Å²) in [5.74, 6) is 0. The monoisotopic (exact) mass is 285 g/mol. The van der Waals surface area contributed by atoms with E-state index in [1.807, 2.05) is 42.5 Å². The van der Waals surface area contributed by atoms with Crippen molar-refractivity contribution in [2.75, 3.05) is 0 Å². The maximum Gasteiger partial charge on any atom is 0.387 e. The Balaban J connectivity index is 0.000000677. The van der Waals surface area contributed by atoms with E-state index in [9.17, 15) is 0 Å². The highest BCUT2D eigenvalue weighted by molar-refractivity contribution is 6.45. The molecule has 0 unspecified atom stereocenters. The minimum absolute atomic E-state index is 0.558. The predicted octanol–water partition coefficient (Wildman–Crippen LogP) is 2.87. The second-order valence-electron chi connectivity index (χ2n) is 4.79. The van der Waals surface area contributed by atoms with Crippen LogP contribution in [0.5, 0.6) is 0 Å². The Hall–Kier alpha value is -1.69. The lowest BCUT2D eigenvalue weighted by atomic mass is 9.91. The Bertz CT molecular complexity index is 489. The minimum atomic E-state index is -0.558. The number of benzene rings is 1. The summed E-state index contributed by atoms with van der Waals surface area (Å²) in [5, 5.41) is 11.8. The van der Waals surface area contributed by atoms with Crippen LogP contribution in [-0.4, -0.2) is 17.1 Å². The zero-order chi connectivity index (χ0) is 15.5. The summed E-state index contributed by atoms with van der Waals surface area (Å²) in [5.41, 5.74) is 6.16. The summed E-state index contributed by atoms with van der Waals surface area (Å²) in [6.45, 7) is 6.57. The summed E-state index contributed by atoms with van der Waals surface area (Å²) in [6, 6.07) is 14.0. The lowest BCUT2D eigenvalue weighted by Gasteiger charge is -2.07. The van der Waals surface area contributed by atoms with Gasteiger partial charge in [-0.3, -0.25) is 15.7 Å². The van der Waals surface area contributed by atoms with Crippen LogP contribution in [0.1, 0.15) is 25.8 Å². The lowest BCUT2D eigenvalue weighted by Crippen LogP contribution is -2.41. The van der Waals surface area contributed by atoms with E-state index in [2.05, 4.69) is 29.6 Å². The number of nitrogens with zero attached hydrogens (tertiary/aromatic N) is 1. The van der Waals surface area contributed by atoms with E-state index >= 15 is 0 Å². The van der Waals surface area contributed by atoms with Crippen LogP contribution in [0.4, 0.5) is 0 Å². The Morgan fingerprint density at radius 2 is 1.76 bits per heavy atom. The molecule has 2 rings (SSSR count). The van der Waals surface area contributed by atoms with Gasteiger partial charge in [0, 0.05) is 18.3 Å². The van der Waals surface area contributed by atoms with Gasteiger partial charge in [0.05, 0.1) is 5.69 Å². The number of hydrogen-bond donors (Lipinski definition) is 3. The Morgan fingerprint density at radius 3 is 2.29 bits per heavy atom. The molecule has 0 aliphatic heterocycles. The molecule has 0 radical (unpaired) electrons. The first-order chi connectivity index (χ1) is 10.2. The topological polar surface area (TPSA) is 57.2 Å². The summed E-state index contributed by atoms with van der Waals surface area (Å²) in [7, 11) is -0.558. The van der Waals surface area contributed by atoms with E-state index in [4.69, 9.17) is 5.02 Å². The highest BCUT2D eigenvalue weighted by Gasteiger charge is 2.01. The third kappa shape index (κ3) is 7.04. The number of hydrazine groups is 1. The molecule has 1 heterocycles. The highest BCUT2D eigenvalue weighted by Crippen LogP contribution is 2.16. The Kier molecular flexibility index (Phi) is 8.35. The summed E-state index contributed by atoms with van der Waals surface area (Å²) in [4.78, 5) is 4.30. The van der Waals surface area contributed by atoms with Gasteiger partial charge < -0.3 is 5.02 Å². The lowest BCUT2D eigenvalue weighted by molar-refractivity contribution is 0.520. The molecule has 1 aromatic heterocycles. The van der Waals surface area contributed by atoms with Crippen LogP contribution >= 0.6 is 0 Å². The molecule has 0 bridgehead atoms. The van der Waals surface area contributed by atoms with Gasteiger partial charge in [-0.2, -0.15) is 0 Å². The van der Waals surface area contributed by atoms with Gasteiger partial charge in [0.15, 0.2) is 0 Å². The SMILES string of the molecule is CB(O)NNCc1ccc(-c2ccccn2)cc1.CCC. The van der Waals surface area contributed by atoms with Crippen molar-refractivity contribution < 1.29 is 5.02 Å².